The highest BCUT2D eigenvalue weighted by Crippen LogP contribution is 2.33. The van der Waals surface area contributed by atoms with E-state index in [0.29, 0.717) is 33.9 Å². The van der Waals surface area contributed by atoms with Crippen molar-refractivity contribution in [3.63, 3.8) is 0 Å². The van der Waals surface area contributed by atoms with Crippen LogP contribution in [0.4, 0.5) is 0 Å². The molecule has 0 atom stereocenters. The summed E-state index contributed by atoms with van der Waals surface area (Å²) in [5, 5.41) is 6.09. The van der Waals surface area contributed by atoms with Gasteiger partial charge in [-0.1, -0.05) is 17.7 Å². The number of piperazine rings is 1. The molecule has 0 unspecified atom stereocenters. The molecule has 1 saturated heterocycles. The molecule has 2 aliphatic heterocycles. The van der Waals surface area contributed by atoms with Gasteiger partial charge >= 0.3 is 0 Å². The Kier molecular flexibility index (Phi) is 7.05. The number of amides is 1. The Morgan fingerprint density at radius 3 is 2.45 bits per heavy atom. The average Bonchev–Trinajstić information content (AvgIpc) is 3.37. The summed E-state index contributed by atoms with van der Waals surface area (Å²) in [6.07, 6.45) is 0. The van der Waals surface area contributed by atoms with Crippen molar-refractivity contribution >= 4 is 72.7 Å². The molecule has 0 aliphatic carbocycles. The Hall–Kier alpha value is -1.31. The molecule has 13 heteroatoms. The maximum Gasteiger partial charge on any atom is 0.282 e. The van der Waals surface area contributed by atoms with Gasteiger partial charge in [-0.25, -0.2) is 23.4 Å². The lowest BCUT2D eigenvalue weighted by molar-refractivity contribution is -0.00172. The Balaban J connectivity index is 0.00000259. The van der Waals surface area contributed by atoms with Gasteiger partial charge in [0, 0.05) is 61.4 Å². The van der Waals surface area contributed by atoms with Gasteiger partial charge < -0.3 is 4.90 Å². The normalized spacial score (nSPS) is 18.3. The minimum absolute atomic E-state index is 0. The fourth-order valence-electron chi connectivity index (χ4n) is 3.89. The first-order chi connectivity index (χ1) is 15.2. The van der Waals surface area contributed by atoms with Crippen LogP contribution in [0.25, 0.3) is 10.1 Å². The number of hydrogen-bond acceptors (Lipinski definition) is 8. The van der Waals surface area contributed by atoms with Crippen LogP contribution in [0.5, 0.6) is 0 Å². The predicted molar refractivity (Wildman–Crippen MR) is 134 cm³/mol. The molecule has 5 rings (SSSR count). The van der Waals surface area contributed by atoms with Crippen LogP contribution in [0.2, 0.25) is 5.02 Å². The largest absolute Gasteiger partial charge is 0.334 e. The van der Waals surface area contributed by atoms with E-state index in [4.69, 9.17) is 11.6 Å². The number of hydrazine groups is 1. The number of sulfonamides is 1. The molecule has 3 aromatic rings. The molecular formula is C20H23Cl2N5O3S3. The summed E-state index contributed by atoms with van der Waals surface area (Å²) in [5.41, 5.74) is 0.949. The van der Waals surface area contributed by atoms with Crippen LogP contribution in [0, 0.1) is 0 Å². The number of thiazole rings is 1. The molecule has 33 heavy (non-hydrogen) atoms. The number of fused-ring (bicyclic) bond motifs is 2. The topological polar surface area (TPSA) is 77.1 Å². The Bertz CT molecular complexity index is 1270. The first-order valence-corrected chi connectivity index (χ1v) is 13.6. The van der Waals surface area contributed by atoms with Crippen LogP contribution in [-0.2, 0) is 23.1 Å². The monoisotopic (exact) mass is 547 g/mol. The summed E-state index contributed by atoms with van der Waals surface area (Å²) in [4.78, 5) is 20.4. The number of thiophene rings is 1. The number of aromatic nitrogens is 1. The summed E-state index contributed by atoms with van der Waals surface area (Å²) in [5.74, 6) is -0.122. The zero-order valence-electron chi connectivity index (χ0n) is 18.0. The molecule has 0 saturated carbocycles. The van der Waals surface area contributed by atoms with E-state index < -0.39 is 10.0 Å². The first-order valence-electron chi connectivity index (χ1n) is 10.1. The van der Waals surface area contributed by atoms with Crippen LogP contribution >= 0.6 is 46.7 Å². The van der Waals surface area contributed by atoms with Crippen molar-refractivity contribution in [1.29, 1.82) is 0 Å². The van der Waals surface area contributed by atoms with Gasteiger partial charge in [0.2, 0.25) is 0 Å². The molecule has 0 spiro atoms. The first kappa shape index (κ1) is 24.8. The minimum atomic E-state index is -3.62. The molecule has 0 radical (unpaired) electrons. The van der Waals surface area contributed by atoms with Gasteiger partial charge in [-0.05, 0) is 23.6 Å². The highest BCUT2D eigenvalue weighted by atomic mass is 35.5. The van der Waals surface area contributed by atoms with Gasteiger partial charge in [0.1, 0.15) is 4.21 Å². The number of halogens is 2. The van der Waals surface area contributed by atoms with Crippen LogP contribution in [0.15, 0.2) is 28.5 Å². The zero-order chi connectivity index (χ0) is 22.6. The van der Waals surface area contributed by atoms with Gasteiger partial charge in [0.15, 0.2) is 5.01 Å². The maximum absolute atomic E-state index is 13.2. The van der Waals surface area contributed by atoms with E-state index in [0.717, 1.165) is 27.2 Å². The summed E-state index contributed by atoms with van der Waals surface area (Å²) in [6.45, 7) is 2.64. The second-order valence-corrected chi connectivity index (χ2v) is 12.7. The zero-order valence-corrected chi connectivity index (χ0v) is 22.0. The molecule has 0 N–H and O–H groups in total. The SMILES string of the molecule is CN1Cc2nc(C(=O)N3CCN(S(=O)(=O)c4cc5ccc(Cl)cc5s4)CC3)sc2CN1C.Cl. The minimum Gasteiger partial charge on any atom is -0.334 e. The van der Waals surface area contributed by atoms with E-state index in [2.05, 4.69) is 15.0 Å². The van der Waals surface area contributed by atoms with Crippen LogP contribution < -0.4 is 0 Å². The van der Waals surface area contributed by atoms with Crippen molar-refractivity contribution in [2.75, 3.05) is 40.3 Å². The van der Waals surface area contributed by atoms with Crippen molar-refractivity contribution in [1.82, 2.24) is 24.2 Å². The van der Waals surface area contributed by atoms with E-state index >= 15 is 0 Å². The van der Waals surface area contributed by atoms with Crippen molar-refractivity contribution in [2.45, 2.75) is 17.3 Å². The second-order valence-electron chi connectivity index (χ2n) is 7.96. The van der Waals surface area contributed by atoms with E-state index in [-0.39, 0.29) is 31.4 Å². The molecule has 2 aromatic heterocycles. The molecule has 0 bridgehead atoms. The highest BCUT2D eigenvalue weighted by molar-refractivity contribution is 7.91. The van der Waals surface area contributed by atoms with Gasteiger partial charge in [-0.2, -0.15) is 4.31 Å². The third-order valence-electron chi connectivity index (χ3n) is 5.87. The number of benzene rings is 1. The average molecular weight is 549 g/mol. The van der Waals surface area contributed by atoms with Crippen LogP contribution in [0.1, 0.15) is 20.4 Å². The number of rotatable bonds is 3. The Labute approximate surface area is 211 Å². The molecule has 178 valence electrons. The number of carbonyl (C=O) groups is 1. The van der Waals surface area contributed by atoms with Gasteiger partial charge in [-0.3, -0.25) is 4.79 Å². The smallest absolute Gasteiger partial charge is 0.282 e. The maximum atomic E-state index is 13.2. The van der Waals surface area contributed by atoms with Crippen molar-refractivity contribution in [3.05, 3.63) is 44.9 Å². The van der Waals surface area contributed by atoms with Crippen molar-refractivity contribution in [2.24, 2.45) is 0 Å². The van der Waals surface area contributed by atoms with E-state index in [1.807, 2.05) is 20.2 Å². The predicted octanol–water partition coefficient (Wildman–Crippen LogP) is 3.37. The highest BCUT2D eigenvalue weighted by Gasteiger charge is 2.33. The summed E-state index contributed by atoms with van der Waals surface area (Å²) in [6, 6.07) is 7.05. The van der Waals surface area contributed by atoms with E-state index in [1.165, 1.54) is 27.0 Å². The lowest BCUT2D eigenvalue weighted by Crippen LogP contribution is -2.50. The van der Waals surface area contributed by atoms with Crippen LogP contribution in [-0.4, -0.2) is 78.8 Å². The number of hydrogen-bond donors (Lipinski definition) is 0. The quantitative estimate of drug-likeness (QED) is 0.500. The van der Waals surface area contributed by atoms with Gasteiger partial charge in [0.05, 0.1) is 12.2 Å². The summed E-state index contributed by atoms with van der Waals surface area (Å²) < 4.78 is 28.9. The van der Waals surface area contributed by atoms with Gasteiger partial charge in [0.25, 0.3) is 15.9 Å². The lowest BCUT2D eigenvalue weighted by Gasteiger charge is -2.33. The Morgan fingerprint density at radius 1 is 1.03 bits per heavy atom. The second kappa shape index (κ2) is 9.38. The van der Waals surface area contributed by atoms with E-state index in [9.17, 15) is 13.2 Å². The molecular weight excluding hydrogens is 525 g/mol. The lowest BCUT2D eigenvalue weighted by atomic mass is 10.3. The molecule has 1 amide bonds. The number of nitrogens with zero attached hydrogens (tertiary/aromatic N) is 5. The molecule has 2 aliphatic rings. The van der Waals surface area contributed by atoms with Gasteiger partial charge in [-0.15, -0.1) is 35.1 Å². The van der Waals surface area contributed by atoms with Crippen molar-refractivity contribution < 1.29 is 13.2 Å². The fraction of sp³-hybridized carbons (Fsp3) is 0.400. The third-order valence-corrected chi connectivity index (χ3v) is 10.6. The molecule has 1 fully saturated rings. The fourth-order valence-corrected chi connectivity index (χ4v) is 8.23. The standard InChI is InChI=1S/C20H22ClN5O3S3.ClH/c1-23-11-15-17(12-24(23)2)31-19(22-15)20(27)25-5-7-26(8-6-25)32(28,29)18-9-13-3-4-14(21)10-16(13)30-18;/h3-4,9-10H,5-8,11-12H2,1-2H3;1H. The molecule has 8 nitrogen and oxygen atoms in total. The Morgan fingerprint density at radius 2 is 1.73 bits per heavy atom. The molecule has 1 aromatic carbocycles. The third kappa shape index (κ3) is 4.65. The summed E-state index contributed by atoms with van der Waals surface area (Å²) in [7, 11) is 0.385. The number of carbonyl (C=O) groups excluding carboxylic acids is 1. The van der Waals surface area contributed by atoms with Crippen LogP contribution in [0.3, 0.4) is 0 Å². The molecule has 4 heterocycles. The van der Waals surface area contributed by atoms with Crippen molar-refractivity contribution in [3.8, 4) is 0 Å². The summed E-state index contributed by atoms with van der Waals surface area (Å²) >= 11 is 8.69. The van der Waals surface area contributed by atoms with E-state index in [1.54, 1.807) is 23.1 Å².